The van der Waals surface area contributed by atoms with Crippen LogP contribution in [-0.4, -0.2) is 23.8 Å². The first-order valence-electron chi connectivity index (χ1n) is 9.38. The molecule has 3 aromatic rings. The highest BCUT2D eigenvalue weighted by atomic mass is 16.8. The van der Waals surface area contributed by atoms with Crippen LogP contribution in [0.5, 0.6) is 5.75 Å². The summed E-state index contributed by atoms with van der Waals surface area (Å²) in [5, 5.41) is 20.6. The van der Waals surface area contributed by atoms with Gasteiger partial charge in [-0.05, 0) is 61.3 Å². The van der Waals surface area contributed by atoms with Gasteiger partial charge in [0.25, 0.3) is 0 Å². The predicted molar refractivity (Wildman–Crippen MR) is 107 cm³/mol. The third-order valence-corrected chi connectivity index (χ3v) is 5.26. The van der Waals surface area contributed by atoms with Gasteiger partial charge in [-0.15, -0.1) is 0 Å². The van der Waals surface area contributed by atoms with Gasteiger partial charge in [-0.25, -0.2) is 0 Å². The Hall–Kier alpha value is -2.80. The second-order valence-corrected chi connectivity index (χ2v) is 6.96. The fraction of sp³-hybridized carbons (Fsp3) is 0.273. The first-order chi connectivity index (χ1) is 13.7. The van der Waals surface area contributed by atoms with E-state index in [1.54, 1.807) is 25.3 Å². The molecule has 0 amide bonds. The van der Waals surface area contributed by atoms with Crippen LogP contribution < -0.4 is 9.96 Å². The first-order valence-corrected chi connectivity index (χ1v) is 9.38. The quantitative estimate of drug-likeness (QED) is 0.609. The molecule has 146 valence electrons. The number of ether oxygens (including phenoxy) is 1. The fourth-order valence-electron chi connectivity index (χ4n) is 3.88. The number of furan rings is 1. The molecule has 6 nitrogen and oxygen atoms in total. The maximum atomic E-state index is 11.4. The lowest BCUT2D eigenvalue weighted by Crippen LogP contribution is -2.22. The molecule has 1 fully saturated rings. The number of rotatable bonds is 6. The second-order valence-electron chi connectivity index (χ2n) is 6.96. The van der Waals surface area contributed by atoms with Crippen molar-refractivity contribution >= 4 is 5.69 Å². The maximum Gasteiger partial charge on any atom is 0.136 e. The molecule has 0 spiro atoms. The van der Waals surface area contributed by atoms with Crippen molar-refractivity contribution in [1.29, 1.82) is 0 Å². The van der Waals surface area contributed by atoms with E-state index in [2.05, 4.69) is 17.0 Å². The third kappa shape index (κ3) is 3.75. The molecular formula is C22H23N2O4-. The molecule has 2 heterocycles. The van der Waals surface area contributed by atoms with Gasteiger partial charge < -0.3 is 19.6 Å². The summed E-state index contributed by atoms with van der Waals surface area (Å²) in [4.78, 5) is 2.41. The van der Waals surface area contributed by atoms with E-state index >= 15 is 0 Å². The number of likely N-dealkylation sites (tertiary alicyclic amines) is 1. The van der Waals surface area contributed by atoms with Gasteiger partial charge in [0.05, 0.1) is 19.3 Å². The summed E-state index contributed by atoms with van der Waals surface area (Å²) >= 11 is 0. The van der Waals surface area contributed by atoms with E-state index in [1.807, 2.05) is 30.3 Å². The molecule has 1 unspecified atom stereocenters. The smallest absolute Gasteiger partial charge is 0.136 e. The van der Waals surface area contributed by atoms with Crippen molar-refractivity contribution in [3.05, 3.63) is 77.2 Å². The molecule has 1 aliphatic heterocycles. The highest BCUT2D eigenvalue weighted by Gasteiger charge is 2.27. The Morgan fingerprint density at radius 2 is 1.93 bits per heavy atom. The molecule has 0 radical (unpaired) electrons. The number of benzene rings is 2. The lowest BCUT2D eigenvalue weighted by atomic mass is 10.0. The molecule has 1 aliphatic rings. The molecule has 1 atom stereocenters. The third-order valence-electron chi connectivity index (χ3n) is 5.26. The number of anilines is 1. The summed E-state index contributed by atoms with van der Waals surface area (Å²) < 4.78 is 11.3. The lowest BCUT2D eigenvalue weighted by Gasteiger charge is -2.24. The number of hydrogen-bond acceptors (Lipinski definition) is 6. The normalized spacial score (nSPS) is 17.0. The predicted octanol–water partition coefficient (Wildman–Crippen LogP) is 4.99. The van der Waals surface area contributed by atoms with Crippen LogP contribution in [0.3, 0.4) is 0 Å². The minimum absolute atomic E-state index is 0.127. The molecule has 28 heavy (non-hydrogen) atoms. The second kappa shape index (κ2) is 8.06. The van der Waals surface area contributed by atoms with E-state index in [9.17, 15) is 10.4 Å². The number of methoxy groups -OCH3 is 1. The van der Waals surface area contributed by atoms with Gasteiger partial charge in [0.15, 0.2) is 0 Å². The van der Waals surface area contributed by atoms with Crippen molar-refractivity contribution in [2.75, 3.05) is 18.9 Å². The van der Waals surface area contributed by atoms with E-state index in [-0.39, 0.29) is 10.9 Å². The Bertz CT molecular complexity index is 920. The van der Waals surface area contributed by atoms with Gasteiger partial charge in [0.1, 0.15) is 17.3 Å². The summed E-state index contributed by atoms with van der Waals surface area (Å²) in [6.45, 7) is 1.70. The van der Waals surface area contributed by atoms with E-state index in [4.69, 9.17) is 9.15 Å². The van der Waals surface area contributed by atoms with Crippen LogP contribution in [-0.2, 0) is 6.54 Å². The minimum atomic E-state index is -0.127. The highest BCUT2D eigenvalue weighted by Crippen LogP contribution is 2.36. The summed E-state index contributed by atoms with van der Waals surface area (Å²) in [5.74, 6) is 2.26. The largest absolute Gasteiger partial charge is 0.733 e. The molecule has 1 N–H and O–H groups in total. The Labute approximate surface area is 164 Å². The summed E-state index contributed by atoms with van der Waals surface area (Å²) in [6, 6.07) is 19.2. The molecule has 2 aromatic carbocycles. The van der Waals surface area contributed by atoms with Crippen LogP contribution in [0.4, 0.5) is 5.69 Å². The van der Waals surface area contributed by atoms with Crippen LogP contribution >= 0.6 is 0 Å². The summed E-state index contributed by atoms with van der Waals surface area (Å²) in [7, 11) is 1.67. The van der Waals surface area contributed by atoms with Crippen LogP contribution in [0.1, 0.15) is 30.2 Å². The number of para-hydroxylation sites is 1. The number of hydrogen-bond donors (Lipinski definition) is 1. The van der Waals surface area contributed by atoms with E-state index in [0.29, 0.717) is 23.9 Å². The van der Waals surface area contributed by atoms with Gasteiger partial charge in [-0.3, -0.25) is 10.1 Å². The molecular weight excluding hydrogens is 356 g/mol. The fourth-order valence-corrected chi connectivity index (χ4v) is 3.88. The van der Waals surface area contributed by atoms with Gasteiger partial charge in [-0.2, -0.15) is 0 Å². The average Bonchev–Trinajstić information content (AvgIpc) is 3.38. The van der Waals surface area contributed by atoms with Crippen molar-refractivity contribution in [2.45, 2.75) is 25.4 Å². The molecule has 0 saturated carbocycles. The standard InChI is InChI=1S/C22H23N2O4/c1-27-17-10-8-16(9-11-17)20-7-4-14-23(20)15-18-12-13-22(28-18)19-5-2-3-6-21(19)24(25)26/h2-3,5-6,8-13,20,25H,4,7,14-15H2,1H3/q-1. The van der Waals surface area contributed by atoms with Crippen molar-refractivity contribution in [3.63, 3.8) is 0 Å². The van der Waals surface area contributed by atoms with Crippen molar-refractivity contribution < 1.29 is 14.4 Å². The molecule has 0 aliphatic carbocycles. The topological polar surface area (TPSA) is 72.1 Å². The number of nitrogens with zero attached hydrogens (tertiary/aromatic N) is 2. The van der Waals surface area contributed by atoms with Gasteiger partial charge in [-0.1, -0.05) is 24.3 Å². The van der Waals surface area contributed by atoms with Gasteiger partial charge in [0.2, 0.25) is 0 Å². The average molecular weight is 379 g/mol. The molecule has 1 aromatic heterocycles. The van der Waals surface area contributed by atoms with E-state index in [1.165, 1.54) is 5.56 Å². The Kier molecular flexibility index (Phi) is 5.34. The zero-order chi connectivity index (χ0) is 19.5. The van der Waals surface area contributed by atoms with Crippen LogP contribution in [0, 0.1) is 5.21 Å². The first kappa shape index (κ1) is 18.6. The van der Waals surface area contributed by atoms with Crippen molar-refractivity contribution in [2.24, 2.45) is 0 Å². The Balaban J connectivity index is 1.52. The van der Waals surface area contributed by atoms with E-state index < -0.39 is 0 Å². The van der Waals surface area contributed by atoms with Gasteiger partial charge in [0, 0.05) is 11.6 Å². The molecule has 0 bridgehead atoms. The Morgan fingerprint density at radius 3 is 2.68 bits per heavy atom. The van der Waals surface area contributed by atoms with E-state index in [0.717, 1.165) is 30.9 Å². The van der Waals surface area contributed by atoms with Gasteiger partial charge >= 0.3 is 0 Å². The SMILES string of the molecule is COc1ccc(C2CCCN2Cc2ccc(-c3ccccc3N([O-])O)o2)cc1. The summed E-state index contributed by atoms with van der Waals surface area (Å²) in [5.41, 5.74) is 2.01. The van der Waals surface area contributed by atoms with Crippen molar-refractivity contribution in [1.82, 2.24) is 4.90 Å². The van der Waals surface area contributed by atoms with Crippen LogP contribution in [0.2, 0.25) is 0 Å². The highest BCUT2D eigenvalue weighted by molar-refractivity contribution is 5.74. The van der Waals surface area contributed by atoms with Crippen LogP contribution in [0.15, 0.2) is 65.1 Å². The minimum Gasteiger partial charge on any atom is -0.733 e. The molecule has 6 heteroatoms. The zero-order valence-corrected chi connectivity index (χ0v) is 15.7. The lowest BCUT2D eigenvalue weighted by molar-refractivity contribution is 0.229. The maximum absolute atomic E-state index is 11.4. The van der Waals surface area contributed by atoms with Crippen LogP contribution in [0.25, 0.3) is 11.3 Å². The summed E-state index contributed by atoms with van der Waals surface area (Å²) in [6.07, 6.45) is 2.25. The monoisotopic (exact) mass is 379 g/mol. The Morgan fingerprint density at radius 1 is 1.14 bits per heavy atom. The van der Waals surface area contributed by atoms with Crippen molar-refractivity contribution in [3.8, 4) is 17.1 Å². The molecule has 4 rings (SSSR count). The zero-order valence-electron chi connectivity index (χ0n) is 15.7. The molecule has 1 saturated heterocycles.